The third kappa shape index (κ3) is 4.68. The van der Waals surface area contributed by atoms with Gasteiger partial charge in [-0.3, -0.25) is 4.79 Å². The molecule has 1 fully saturated rings. The first-order valence-corrected chi connectivity index (χ1v) is 10.7. The van der Waals surface area contributed by atoms with E-state index < -0.39 is 29.3 Å². The number of nitrogens with zero attached hydrogens (tertiary/aromatic N) is 3. The number of rotatable bonds is 3. The molecule has 31 heavy (non-hydrogen) atoms. The molecule has 1 aromatic heterocycles. The summed E-state index contributed by atoms with van der Waals surface area (Å²) < 4.78 is 16.7. The fourth-order valence-electron chi connectivity index (χ4n) is 3.52. The van der Waals surface area contributed by atoms with Crippen LogP contribution in [0.5, 0.6) is 0 Å². The van der Waals surface area contributed by atoms with Crippen molar-refractivity contribution in [2.75, 3.05) is 43.9 Å². The molecule has 0 saturated carbocycles. The van der Waals surface area contributed by atoms with Crippen LogP contribution < -0.4 is 10.3 Å². The van der Waals surface area contributed by atoms with E-state index in [-0.39, 0.29) is 10.9 Å². The summed E-state index contributed by atoms with van der Waals surface area (Å²) in [6.07, 6.45) is 0.159. The molecule has 1 saturated heterocycles. The van der Waals surface area contributed by atoms with Crippen molar-refractivity contribution in [1.82, 2.24) is 9.47 Å². The number of halogens is 1. The maximum atomic E-state index is 15.0. The number of aromatic nitrogens is 1. The van der Waals surface area contributed by atoms with Crippen molar-refractivity contribution in [3.63, 3.8) is 0 Å². The molecular formula is C20H24FN3O6S. The normalized spacial score (nSPS) is 17.1. The van der Waals surface area contributed by atoms with Gasteiger partial charge in [0.1, 0.15) is 17.5 Å². The Labute approximate surface area is 181 Å². The fourth-order valence-corrected chi connectivity index (χ4v) is 4.74. The SMILES string of the molecule is CC(O)C(=O)O.CN1CCN(c2c(F)cc3c(=O)c(C(=O)O)cn4c3c2SCC4)CC1. The Morgan fingerprint density at radius 2 is 1.77 bits per heavy atom. The number of carboxylic acids is 2. The van der Waals surface area contributed by atoms with Gasteiger partial charge < -0.3 is 29.7 Å². The van der Waals surface area contributed by atoms with E-state index in [1.54, 1.807) is 4.57 Å². The number of benzene rings is 1. The number of thioether (sulfide) groups is 1. The van der Waals surface area contributed by atoms with Gasteiger partial charge in [-0.15, -0.1) is 11.8 Å². The molecule has 1 unspecified atom stereocenters. The molecular weight excluding hydrogens is 429 g/mol. The van der Waals surface area contributed by atoms with Gasteiger partial charge in [0.15, 0.2) is 0 Å². The minimum atomic E-state index is -1.28. The molecule has 0 aliphatic carbocycles. The highest BCUT2D eigenvalue weighted by Crippen LogP contribution is 2.41. The Bertz CT molecular complexity index is 1080. The number of aliphatic hydroxyl groups excluding tert-OH is 1. The van der Waals surface area contributed by atoms with Gasteiger partial charge in [0.2, 0.25) is 5.43 Å². The van der Waals surface area contributed by atoms with E-state index in [2.05, 4.69) is 4.90 Å². The average Bonchev–Trinajstić information content (AvgIpc) is 2.71. The van der Waals surface area contributed by atoms with Gasteiger partial charge in [0.05, 0.1) is 21.5 Å². The van der Waals surface area contributed by atoms with Crippen molar-refractivity contribution < 1.29 is 29.3 Å². The quantitative estimate of drug-likeness (QED) is 0.628. The molecule has 0 amide bonds. The standard InChI is InChI=1S/C17H18FN3O3S.C3H6O3/c1-19-2-4-20(5-3-19)14-12(18)8-10-13-16(14)25-7-6-21(13)9-11(15(10)22)17(23)24;1-2(4)3(5)6/h8-9H,2-7H2,1H3,(H,23,24);2,4H,1H3,(H,5,6). The Balaban J connectivity index is 0.000000401. The molecule has 2 aliphatic rings. The van der Waals surface area contributed by atoms with Crippen LogP contribution in [0.3, 0.4) is 0 Å². The van der Waals surface area contributed by atoms with Crippen molar-refractivity contribution in [3.05, 3.63) is 33.9 Å². The van der Waals surface area contributed by atoms with Gasteiger partial charge in [-0.25, -0.2) is 14.0 Å². The maximum absolute atomic E-state index is 15.0. The van der Waals surface area contributed by atoms with Crippen molar-refractivity contribution in [2.24, 2.45) is 0 Å². The summed E-state index contributed by atoms with van der Waals surface area (Å²) in [6, 6.07) is 1.21. The summed E-state index contributed by atoms with van der Waals surface area (Å²) in [6.45, 7) is 4.96. The molecule has 11 heteroatoms. The number of aromatic carboxylic acids is 1. The maximum Gasteiger partial charge on any atom is 0.341 e. The Morgan fingerprint density at radius 1 is 1.16 bits per heavy atom. The molecule has 3 heterocycles. The van der Waals surface area contributed by atoms with E-state index in [1.807, 2.05) is 11.9 Å². The van der Waals surface area contributed by atoms with E-state index in [0.717, 1.165) is 31.1 Å². The van der Waals surface area contributed by atoms with Gasteiger partial charge in [-0.2, -0.15) is 0 Å². The number of aryl methyl sites for hydroxylation is 1. The minimum absolute atomic E-state index is 0.150. The van der Waals surface area contributed by atoms with Gasteiger partial charge in [-0.05, 0) is 20.0 Å². The third-order valence-electron chi connectivity index (χ3n) is 5.23. The zero-order valence-electron chi connectivity index (χ0n) is 17.2. The number of carboxylic acid groups (broad SMARTS) is 2. The average molecular weight is 453 g/mol. The number of hydrogen-bond donors (Lipinski definition) is 3. The van der Waals surface area contributed by atoms with Crippen molar-refractivity contribution in [2.45, 2.75) is 24.5 Å². The predicted octanol–water partition coefficient (Wildman–Crippen LogP) is 1.15. The zero-order chi connectivity index (χ0) is 22.9. The predicted molar refractivity (Wildman–Crippen MR) is 115 cm³/mol. The number of likely N-dealkylation sites (N-methyl/N-ethyl adjacent to an activating group) is 1. The smallest absolute Gasteiger partial charge is 0.341 e. The van der Waals surface area contributed by atoms with Gasteiger partial charge in [0.25, 0.3) is 0 Å². The Morgan fingerprint density at radius 3 is 2.32 bits per heavy atom. The lowest BCUT2D eigenvalue weighted by Gasteiger charge is -2.36. The molecule has 1 aromatic carbocycles. The van der Waals surface area contributed by atoms with Crippen molar-refractivity contribution >= 4 is 40.3 Å². The zero-order valence-corrected chi connectivity index (χ0v) is 18.0. The first kappa shape index (κ1) is 23.0. The van der Waals surface area contributed by atoms with Crippen LogP contribution in [0.25, 0.3) is 10.9 Å². The molecule has 168 valence electrons. The van der Waals surface area contributed by atoms with Gasteiger partial charge in [0, 0.05) is 44.7 Å². The fraction of sp³-hybridized carbons (Fsp3) is 0.450. The van der Waals surface area contributed by atoms with Crippen LogP contribution in [-0.4, -0.2) is 81.8 Å². The van der Waals surface area contributed by atoms with Crippen LogP contribution in [0.4, 0.5) is 10.1 Å². The molecule has 4 rings (SSSR count). The van der Waals surface area contributed by atoms with Crippen LogP contribution in [-0.2, 0) is 11.3 Å². The number of aliphatic carboxylic acids is 1. The van der Waals surface area contributed by atoms with Crippen LogP contribution >= 0.6 is 11.8 Å². The van der Waals surface area contributed by atoms with Crippen LogP contribution in [0.1, 0.15) is 17.3 Å². The summed E-state index contributed by atoms with van der Waals surface area (Å²) >= 11 is 1.54. The molecule has 0 radical (unpaired) electrons. The lowest BCUT2D eigenvalue weighted by molar-refractivity contribution is -0.145. The second-order valence-corrected chi connectivity index (χ2v) is 8.56. The summed E-state index contributed by atoms with van der Waals surface area (Å²) in [7, 11) is 2.04. The largest absolute Gasteiger partial charge is 0.479 e. The first-order valence-electron chi connectivity index (χ1n) is 9.72. The topological polar surface area (TPSA) is 123 Å². The van der Waals surface area contributed by atoms with Gasteiger partial charge in [-0.1, -0.05) is 0 Å². The number of hydrogen-bond acceptors (Lipinski definition) is 7. The summed E-state index contributed by atoms with van der Waals surface area (Å²) in [4.78, 5) is 38.3. The highest BCUT2D eigenvalue weighted by atomic mass is 32.2. The molecule has 0 bridgehead atoms. The van der Waals surface area contributed by atoms with E-state index in [0.29, 0.717) is 23.5 Å². The lowest BCUT2D eigenvalue weighted by atomic mass is 10.1. The summed E-state index contributed by atoms with van der Waals surface area (Å²) in [5, 5.41) is 25.2. The first-order chi connectivity index (χ1) is 14.6. The lowest BCUT2D eigenvalue weighted by Crippen LogP contribution is -2.45. The van der Waals surface area contributed by atoms with E-state index >= 15 is 0 Å². The molecule has 1 atom stereocenters. The molecule has 2 aromatic rings. The second kappa shape index (κ2) is 9.25. The van der Waals surface area contributed by atoms with Crippen LogP contribution in [0.15, 0.2) is 22.0 Å². The molecule has 3 N–H and O–H groups in total. The van der Waals surface area contributed by atoms with Crippen LogP contribution in [0.2, 0.25) is 0 Å². The molecule has 9 nitrogen and oxygen atoms in total. The summed E-state index contributed by atoms with van der Waals surface area (Å²) in [5.41, 5.74) is 0.270. The van der Waals surface area contributed by atoms with E-state index in [1.165, 1.54) is 30.9 Å². The number of anilines is 1. The minimum Gasteiger partial charge on any atom is -0.479 e. The Hall–Kier alpha value is -2.63. The number of carbonyl (C=O) groups is 2. The highest BCUT2D eigenvalue weighted by molar-refractivity contribution is 7.99. The van der Waals surface area contributed by atoms with Crippen molar-refractivity contribution in [1.29, 1.82) is 0 Å². The van der Waals surface area contributed by atoms with E-state index in [9.17, 15) is 23.9 Å². The molecule has 0 spiro atoms. The monoisotopic (exact) mass is 453 g/mol. The highest BCUT2D eigenvalue weighted by Gasteiger charge is 2.28. The summed E-state index contributed by atoms with van der Waals surface area (Å²) in [5.74, 6) is -2.20. The number of piperazine rings is 1. The van der Waals surface area contributed by atoms with Crippen LogP contribution in [0, 0.1) is 5.82 Å². The Kier molecular flexibility index (Phi) is 6.87. The second-order valence-electron chi connectivity index (χ2n) is 7.46. The van der Waals surface area contributed by atoms with Crippen molar-refractivity contribution in [3.8, 4) is 0 Å². The van der Waals surface area contributed by atoms with Gasteiger partial charge >= 0.3 is 11.9 Å². The molecule has 2 aliphatic heterocycles. The third-order valence-corrected chi connectivity index (χ3v) is 6.29. The number of pyridine rings is 1. The van der Waals surface area contributed by atoms with E-state index in [4.69, 9.17) is 10.2 Å². The number of aliphatic hydroxyl groups is 1.